The molecule has 1 unspecified atom stereocenters. The first-order valence-corrected chi connectivity index (χ1v) is 4.87. The predicted molar refractivity (Wildman–Crippen MR) is 61.3 cm³/mol. The smallest absolute Gasteiger partial charge is 0.177 e. The minimum Gasteiger partial charge on any atom is -0.383 e. The van der Waals surface area contributed by atoms with Gasteiger partial charge in [0, 0.05) is 26.0 Å². The van der Waals surface area contributed by atoms with Crippen LogP contribution in [0.2, 0.25) is 0 Å². The van der Waals surface area contributed by atoms with Crippen molar-refractivity contribution in [3.05, 3.63) is 23.4 Å². The number of ether oxygens (including phenoxy) is 2. The Labute approximate surface area is 94.9 Å². The van der Waals surface area contributed by atoms with E-state index >= 15 is 0 Å². The lowest BCUT2D eigenvalue weighted by atomic mass is 10.1. The van der Waals surface area contributed by atoms with Crippen LogP contribution >= 0.6 is 0 Å². The Kier molecular flexibility index (Phi) is 4.63. The highest BCUT2D eigenvalue weighted by Crippen LogP contribution is 2.23. The van der Waals surface area contributed by atoms with Gasteiger partial charge in [-0.25, -0.2) is 10.4 Å². The molecule has 6 heteroatoms. The van der Waals surface area contributed by atoms with Crippen molar-refractivity contribution in [2.24, 2.45) is 5.84 Å². The predicted octanol–water partition coefficient (Wildman–Crippen LogP) is 0.0955. The summed E-state index contributed by atoms with van der Waals surface area (Å²) in [4.78, 5) is 4.07. The summed E-state index contributed by atoms with van der Waals surface area (Å²) in [5.74, 6) is 5.89. The molecule has 0 spiro atoms. The summed E-state index contributed by atoms with van der Waals surface area (Å²) in [6, 6.07) is 1.54. The third kappa shape index (κ3) is 2.67. The third-order valence-electron chi connectivity index (χ3n) is 2.34. The maximum Gasteiger partial charge on any atom is 0.177 e. The summed E-state index contributed by atoms with van der Waals surface area (Å²) in [5.41, 5.74) is 10.2. The van der Waals surface area contributed by atoms with Gasteiger partial charge in [-0.1, -0.05) is 0 Å². The molecule has 0 bridgehead atoms. The number of hydrogen-bond donors (Lipinski definition) is 3. The van der Waals surface area contributed by atoms with Crippen LogP contribution < -0.4 is 17.0 Å². The number of hydrazine groups is 1. The van der Waals surface area contributed by atoms with Crippen molar-refractivity contribution < 1.29 is 9.47 Å². The Morgan fingerprint density at radius 1 is 1.38 bits per heavy atom. The topological polar surface area (TPSA) is 95.4 Å². The molecule has 0 aliphatic rings. The highest BCUT2D eigenvalue weighted by atomic mass is 16.7. The average Bonchev–Trinajstić information content (AvgIpc) is 2.29. The van der Waals surface area contributed by atoms with Crippen LogP contribution in [0.1, 0.15) is 17.2 Å². The number of aryl methyl sites for hydroxylation is 1. The van der Waals surface area contributed by atoms with Gasteiger partial charge >= 0.3 is 0 Å². The van der Waals surface area contributed by atoms with E-state index < -0.39 is 6.29 Å². The minimum atomic E-state index is -0.518. The highest BCUT2D eigenvalue weighted by Gasteiger charge is 2.24. The SMILES string of the molecule is COC(OC)C(NN)c1cc(C)cnc1N. The average molecular weight is 226 g/mol. The molecule has 0 amide bonds. The highest BCUT2D eigenvalue weighted by molar-refractivity contribution is 5.43. The molecular formula is C10H18N4O2. The van der Waals surface area contributed by atoms with E-state index in [-0.39, 0.29) is 6.04 Å². The minimum absolute atomic E-state index is 0.359. The van der Waals surface area contributed by atoms with Gasteiger partial charge in [0.1, 0.15) is 11.9 Å². The zero-order chi connectivity index (χ0) is 12.1. The van der Waals surface area contributed by atoms with E-state index in [2.05, 4.69) is 10.4 Å². The number of nitrogens with zero attached hydrogens (tertiary/aromatic N) is 1. The lowest BCUT2D eigenvalue weighted by Crippen LogP contribution is -2.39. The number of rotatable bonds is 5. The van der Waals surface area contributed by atoms with Gasteiger partial charge in [0.2, 0.25) is 0 Å². The van der Waals surface area contributed by atoms with E-state index in [0.29, 0.717) is 5.82 Å². The van der Waals surface area contributed by atoms with Crippen LogP contribution in [-0.4, -0.2) is 25.5 Å². The van der Waals surface area contributed by atoms with Crippen LogP contribution in [0.5, 0.6) is 0 Å². The first-order valence-electron chi connectivity index (χ1n) is 4.87. The van der Waals surface area contributed by atoms with Crippen LogP contribution in [0.3, 0.4) is 0 Å². The molecule has 0 fully saturated rings. The van der Waals surface area contributed by atoms with Crippen molar-refractivity contribution in [3.8, 4) is 0 Å². The Morgan fingerprint density at radius 3 is 2.50 bits per heavy atom. The number of anilines is 1. The summed E-state index contributed by atoms with van der Waals surface area (Å²) in [5, 5.41) is 0. The quantitative estimate of drug-likeness (QED) is 0.374. The Morgan fingerprint density at radius 2 is 2.00 bits per heavy atom. The fourth-order valence-corrected chi connectivity index (χ4v) is 1.53. The van der Waals surface area contributed by atoms with Gasteiger partial charge in [0.05, 0.1) is 0 Å². The molecule has 0 saturated carbocycles. The first kappa shape index (κ1) is 12.9. The normalized spacial score (nSPS) is 13.1. The Bertz CT molecular complexity index is 342. The zero-order valence-corrected chi connectivity index (χ0v) is 9.73. The van der Waals surface area contributed by atoms with Gasteiger partial charge in [-0.3, -0.25) is 5.84 Å². The van der Waals surface area contributed by atoms with Crippen LogP contribution in [0.4, 0.5) is 5.82 Å². The Hall–Kier alpha value is -1.21. The summed E-state index contributed by atoms with van der Waals surface area (Å²) in [7, 11) is 3.08. The van der Waals surface area contributed by atoms with E-state index in [0.717, 1.165) is 11.1 Å². The lowest BCUT2D eigenvalue weighted by molar-refractivity contribution is -0.124. The monoisotopic (exact) mass is 226 g/mol. The molecule has 5 N–H and O–H groups in total. The molecule has 1 rings (SSSR count). The first-order chi connectivity index (χ1) is 7.63. The third-order valence-corrected chi connectivity index (χ3v) is 2.34. The van der Waals surface area contributed by atoms with Crippen molar-refractivity contribution in [2.45, 2.75) is 19.3 Å². The van der Waals surface area contributed by atoms with Gasteiger partial charge < -0.3 is 15.2 Å². The summed E-state index contributed by atoms with van der Waals surface area (Å²) >= 11 is 0. The van der Waals surface area contributed by atoms with Gasteiger partial charge in [0.15, 0.2) is 6.29 Å². The second-order valence-corrected chi connectivity index (χ2v) is 3.47. The van der Waals surface area contributed by atoms with Gasteiger partial charge in [-0.2, -0.15) is 0 Å². The van der Waals surface area contributed by atoms with Crippen molar-refractivity contribution in [2.75, 3.05) is 20.0 Å². The molecule has 90 valence electrons. The molecule has 1 heterocycles. The van der Waals surface area contributed by atoms with Gasteiger partial charge in [0.25, 0.3) is 0 Å². The molecule has 1 atom stereocenters. The largest absolute Gasteiger partial charge is 0.383 e. The molecule has 1 aromatic rings. The van der Waals surface area contributed by atoms with E-state index in [1.54, 1.807) is 6.20 Å². The van der Waals surface area contributed by atoms with Crippen molar-refractivity contribution in [3.63, 3.8) is 0 Å². The summed E-state index contributed by atoms with van der Waals surface area (Å²) in [6.07, 6.45) is 1.18. The van der Waals surface area contributed by atoms with Crippen molar-refractivity contribution >= 4 is 5.82 Å². The number of nitrogens with one attached hydrogen (secondary N) is 1. The second kappa shape index (κ2) is 5.76. The summed E-state index contributed by atoms with van der Waals surface area (Å²) in [6.45, 7) is 1.93. The number of nitrogen functional groups attached to an aromatic ring is 1. The van der Waals surface area contributed by atoms with Crippen LogP contribution in [0.15, 0.2) is 12.3 Å². The van der Waals surface area contributed by atoms with E-state index in [4.69, 9.17) is 21.1 Å². The van der Waals surface area contributed by atoms with Gasteiger partial charge in [-0.05, 0) is 18.6 Å². The molecule has 0 radical (unpaired) electrons. The molecule has 0 aromatic carbocycles. The summed E-state index contributed by atoms with van der Waals surface area (Å²) < 4.78 is 10.3. The molecule has 1 aromatic heterocycles. The number of nitrogens with two attached hydrogens (primary N) is 2. The molecule has 16 heavy (non-hydrogen) atoms. The van der Waals surface area contributed by atoms with Crippen LogP contribution in [0, 0.1) is 6.92 Å². The Balaban J connectivity index is 3.06. The maximum absolute atomic E-state index is 5.80. The molecular weight excluding hydrogens is 208 g/mol. The lowest BCUT2D eigenvalue weighted by Gasteiger charge is -2.25. The maximum atomic E-state index is 5.80. The van der Waals surface area contributed by atoms with Crippen molar-refractivity contribution in [1.29, 1.82) is 0 Å². The number of pyridine rings is 1. The van der Waals surface area contributed by atoms with Crippen molar-refractivity contribution in [1.82, 2.24) is 10.4 Å². The van der Waals surface area contributed by atoms with E-state index in [1.807, 2.05) is 13.0 Å². The second-order valence-electron chi connectivity index (χ2n) is 3.47. The fourth-order valence-electron chi connectivity index (χ4n) is 1.53. The molecule has 0 aliphatic carbocycles. The number of hydrogen-bond acceptors (Lipinski definition) is 6. The standard InChI is InChI=1S/C10H18N4O2/c1-6-4-7(9(11)13-5-6)8(14-12)10(15-2)16-3/h4-5,8,10,14H,12H2,1-3H3,(H2,11,13). The zero-order valence-electron chi connectivity index (χ0n) is 9.73. The molecule has 0 aliphatic heterocycles. The van der Waals surface area contributed by atoms with E-state index in [9.17, 15) is 0 Å². The van der Waals surface area contributed by atoms with Crippen LogP contribution in [-0.2, 0) is 9.47 Å². The molecule has 6 nitrogen and oxygen atoms in total. The van der Waals surface area contributed by atoms with E-state index in [1.165, 1.54) is 14.2 Å². The molecule has 0 saturated heterocycles. The fraction of sp³-hybridized carbons (Fsp3) is 0.500. The van der Waals surface area contributed by atoms with Gasteiger partial charge in [-0.15, -0.1) is 0 Å². The number of aromatic nitrogens is 1. The number of methoxy groups -OCH3 is 2. The van der Waals surface area contributed by atoms with Crippen LogP contribution in [0.25, 0.3) is 0 Å².